The fraction of sp³-hybridized carbons (Fsp3) is 1.00. The van der Waals surface area contributed by atoms with Crippen LogP contribution in [0.25, 0.3) is 0 Å². The van der Waals surface area contributed by atoms with E-state index < -0.39 is 0 Å². The van der Waals surface area contributed by atoms with Gasteiger partial charge in [0.1, 0.15) is 26.8 Å². The molecule has 0 aromatic heterocycles. The highest BCUT2D eigenvalue weighted by atomic mass is 16.7. The van der Waals surface area contributed by atoms with Crippen molar-refractivity contribution in [2.24, 2.45) is 0 Å². The van der Waals surface area contributed by atoms with Gasteiger partial charge in [-0.3, -0.25) is 0 Å². The molecule has 0 bridgehead atoms. The van der Waals surface area contributed by atoms with Crippen LogP contribution in [0.1, 0.15) is 13.3 Å². The summed E-state index contributed by atoms with van der Waals surface area (Å²) in [5, 5.41) is 0. The predicted octanol–water partition coefficient (Wildman–Crippen LogP) is 0.0313. The third-order valence-corrected chi connectivity index (χ3v) is 2.27. The van der Waals surface area contributed by atoms with Crippen LogP contribution in [0.5, 0.6) is 0 Å². The summed E-state index contributed by atoms with van der Waals surface area (Å²) in [7, 11) is 5.66. The van der Waals surface area contributed by atoms with Gasteiger partial charge in [0.15, 0.2) is 0 Å². The second-order valence-electron chi connectivity index (χ2n) is 2.93. The van der Waals surface area contributed by atoms with Crippen LogP contribution in [-0.4, -0.2) is 39.0 Å². The van der Waals surface area contributed by atoms with Crippen LogP contribution in [0.3, 0.4) is 0 Å². The molecule has 0 amide bonds. The third kappa shape index (κ3) is 1.09. The molecule has 4 atom stereocenters. The van der Waals surface area contributed by atoms with E-state index in [2.05, 4.69) is 6.92 Å². The first-order valence-corrected chi connectivity index (χ1v) is 3.97. The average Bonchev–Trinajstić information content (AvgIpc) is 2.54. The maximum atomic E-state index is 5.66. The van der Waals surface area contributed by atoms with Crippen LogP contribution in [0, 0.1) is 0 Å². The molecule has 2 heterocycles. The first-order chi connectivity index (χ1) is 5.33. The summed E-state index contributed by atoms with van der Waals surface area (Å²) in [4.78, 5) is 0. The molecule has 2 aliphatic rings. The lowest BCUT2D eigenvalue weighted by Gasteiger charge is -2.12. The van der Waals surface area contributed by atoms with Crippen molar-refractivity contribution in [2.75, 3.05) is 6.79 Å². The van der Waals surface area contributed by atoms with Gasteiger partial charge >= 0.3 is 0 Å². The lowest BCUT2D eigenvalue weighted by molar-refractivity contribution is -0.0529. The van der Waals surface area contributed by atoms with E-state index in [1.807, 2.05) is 0 Å². The summed E-state index contributed by atoms with van der Waals surface area (Å²) in [6.07, 6.45) is 1.07. The Labute approximate surface area is 67.4 Å². The van der Waals surface area contributed by atoms with Gasteiger partial charge in [-0.25, -0.2) is 0 Å². The predicted molar refractivity (Wildman–Crippen MR) is 39.3 cm³/mol. The highest BCUT2D eigenvalue weighted by molar-refractivity contribution is 6.11. The third-order valence-electron chi connectivity index (χ3n) is 2.27. The normalized spacial score (nSPS) is 49.5. The quantitative estimate of drug-likeness (QED) is 0.498. The number of hydrogen-bond donors (Lipinski definition) is 0. The summed E-state index contributed by atoms with van der Waals surface area (Å²) >= 11 is 0. The van der Waals surface area contributed by atoms with Crippen LogP contribution < -0.4 is 0 Å². The second kappa shape index (κ2) is 2.77. The van der Waals surface area contributed by atoms with Crippen molar-refractivity contribution in [3.8, 4) is 0 Å². The van der Waals surface area contributed by atoms with Crippen molar-refractivity contribution in [2.45, 2.75) is 37.7 Å². The van der Waals surface area contributed by atoms with E-state index in [1.54, 1.807) is 0 Å². The highest BCUT2D eigenvalue weighted by Crippen LogP contribution is 2.30. The Hall–Kier alpha value is -0.0551. The molecule has 0 N–H and O–H groups in total. The molecule has 11 heavy (non-hydrogen) atoms. The Balaban J connectivity index is 2.07. The van der Waals surface area contributed by atoms with Crippen molar-refractivity contribution < 1.29 is 14.2 Å². The number of hydrogen-bond acceptors (Lipinski definition) is 3. The summed E-state index contributed by atoms with van der Waals surface area (Å²) in [5.74, 6) is 0. The first-order valence-electron chi connectivity index (χ1n) is 3.97. The van der Waals surface area contributed by atoms with Gasteiger partial charge in [0.05, 0.1) is 6.10 Å². The molecular formula is C7H11BO3. The molecule has 2 rings (SSSR count). The smallest absolute Gasteiger partial charge is 0.147 e. The van der Waals surface area contributed by atoms with Crippen molar-refractivity contribution >= 4 is 7.85 Å². The molecule has 0 aromatic carbocycles. The monoisotopic (exact) mass is 154 g/mol. The minimum atomic E-state index is -0.299. The standard InChI is InChI=1S/C7H11BO3/c1-2-4-5-6(7(8)11-4)10-3-9-5/h4-7H,2-3H2,1H3. The number of fused-ring (bicyclic) bond motifs is 1. The minimum Gasteiger partial charge on any atom is -0.379 e. The molecule has 2 saturated heterocycles. The topological polar surface area (TPSA) is 27.7 Å². The molecule has 2 aliphatic heterocycles. The fourth-order valence-electron chi connectivity index (χ4n) is 1.67. The molecule has 2 fully saturated rings. The number of ether oxygens (including phenoxy) is 3. The zero-order valence-electron chi connectivity index (χ0n) is 6.53. The maximum absolute atomic E-state index is 5.66. The molecule has 0 saturated carbocycles. The highest BCUT2D eigenvalue weighted by Gasteiger charge is 2.45. The Morgan fingerprint density at radius 1 is 1.36 bits per heavy atom. The lowest BCUT2D eigenvalue weighted by atomic mass is 9.93. The van der Waals surface area contributed by atoms with E-state index in [4.69, 9.17) is 22.1 Å². The van der Waals surface area contributed by atoms with Crippen molar-refractivity contribution in [3.05, 3.63) is 0 Å². The van der Waals surface area contributed by atoms with Gasteiger partial charge in [-0.05, 0) is 6.42 Å². The van der Waals surface area contributed by atoms with Crippen LogP contribution in [-0.2, 0) is 14.2 Å². The van der Waals surface area contributed by atoms with Crippen molar-refractivity contribution in [1.82, 2.24) is 0 Å². The molecule has 60 valence electrons. The minimum absolute atomic E-state index is 0.0417. The molecule has 4 unspecified atom stereocenters. The molecule has 0 aliphatic carbocycles. The van der Waals surface area contributed by atoms with Gasteiger partial charge in [0.25, 0.3) is 0 Å². The van der Waals surface area contributed by atoms with E-state index >= 15 is 0 Å². The molecule has 3 nitrogen and oxygen atoms in total. The Morgan fingerprint density at radius 2 is 2.09 bits per heavy atom. The van der Waals surface area contributed by atoms with Crippen LogP contribution in [0.15, 0.2) is 0 Å². The lowest BCUT2D eigenvalue weighted by Crippen LogP contribution is -2.29. The summed E-state index contributed by atoms with van der Waals surface area (Å²) in [6.45, 7) is 2.42. The van der Waals surface area contributed by atoms with Crippen molar-refractivity contribution in [3.63, 3.8) is 0 Å². The molecule has 2 radical (unpaired) electrons. The van der Waals surface area contributed by atoms with Crippen LogP contribution >= 0.6 is 0 Å². The van der Waals surface area contributed by atoms with E-state index in [-0.39, 0.29) is 24.3 Å². The van der Waals surface area contributed by atoms with Crippen molar-refractivity contribution in [1.29, 1.82) is 0 Å². The number of rotatable bonds is 1. The molecular weight excluding hydrogens is 143 g/mol. The fourth-order valence-corrected chi connectivity index (χ4v) is 1.67. The van der Waals surface area contributed by atoms with Gasteiger partial charge in [0.2, 0.25) is 0 Å². The van der Waals surface area contributed by atoms with Gasteiger partial charge < -0.3 is 14.2 Å². The molecule has 4 heteroatoms. The Bertz CT molecular complexity index is 153. The van der Waals surface area contributed by atoms with Gasteiger partial charge in [-0.15, -0.1) is 0 Å². The van der Waals surface area contributed by atoms with E-state index in [9.17, 15) is 0 Å². The first kappa shape index (κ1) is 7.59. The zero-order valence-corrected chi connectivity index (χ0v) is 6.53. The largest absolute Gasteiger partial charge is 0.379 e. The maximum Gasteiger partial charge on any atom is 0.147 e. The van der Waals surface area contributed by atoms with Crippen LogP contribution in [0.2, 0.25) is 0 Å². The Kier molecular flexibility index (Phi) is 1.91. The van der Waals surface area contributed by atoms with E-state index in [0.717, 1.165) is 6.42 Å². The average molecular weight is 154 g/mol. The SMILES string of the molecule is [B]C1OC(CC)C2OCOC12. The van der Waals surface area contributed by atoms with Crippen LogP contribution in [0.4, 0.5) is 0 Å². The summed E-state index contributed by atoms with van der Waals surface area (Å²) in [6, 6.07) is -0.299. The van der Waals surface area contributed by atoms with Gasteiger partial charge in [0, 0.05) is 6.00 Å². The van der Waals surface area contributed by atoms with E-state index in [0.29, 0.717) is 6.79 Å². The summed E-state index contributed by atoms with van der Waals surface area (Å²) < 4.78 is 16.0. The molecule has 0 spiro atoms. The van der Waals surface area contributed by atoms with E-state index in [1.165, 1.54) is 0 Å². The Morgan fingerprint density at radius 3 is 2.82 bits per heavy atom. The zero-order chi connectivity index (χ0) is 7.84. The second-order valence-corrected chi connectivity index (χ2v) is 2.93. The summed E-state index contributed by atoms with van der Waals surface area (Å²) in [5.41, 5.74) is 0. The molecule has 0 aromatic rings. The van der Waals surface area contributed by atoms with Gasteiger partial charge in [-0.1, -0.05) is 6.92 Å². The van der Waals surface area contributed by atoms with Gasteiger partial charge in [-0.2, -0.15) is 0 Å².